The standard InChI is InChI=1S/C22H20ClNO2/c1-14-5-2-6-15(11-14)18-13-21(26)24(17-8-3-7-16(23)12-17)19-9-4-10-20(25)22(18)19/h2-3,5-8,11-12,18H,4,9-10,13H2,1H3. The van der Waals surface area contributed by atoms with Crippen LogP contribution in [0, 0.1) is 6.92 Å². The first-order valence-corrected chi connectivity index (χ1v) is 9.34. The summed E-state index contributed by atoms with van der Waals surface area (Å²) in [6, 6.07) is 15.4. The molecule has 2 aliphatic rings. The van der Waals surface area contributed by atoms with Gasteiger partial charge in [0.05, 0.1) is 5.69 Å². The fourth-order valence-electron chi connectivity index (χ4n) is 4.08. The lowest BCUT2D eigenvalue weighted by Gasteiger charge is -2.38. The molecule has 3 nitrogen and oxygen atoms in total. The number of carbonyl (C=O) groups excluding carboxylic acids is 2. The summed E-state index contributed by atoms with van der Waals surface area (Å²) >= 11 is 6.14. The lowest BCUT2D eigenvalue weighted by Crippen LogP contribution is -2.40. The Balaban J connectivity index is 1.87. The van der Waals surface area contributed by atoms with Gasteiger partial charge in [-0.3, -0.25) is 14.5 Å². The van der Waals surface area contributed by atoms with Crippen molar-refractivity contribution in [3.63, 3.8) is 0 Å². The monoisotopic (exact) mass is 365 g/mol. The molecule has 0 saturated heterocycles. The minimum atomic E-state index is -0.152. The maximum Gasteiger partial charge on any atom is 0.232 e. The molecular weight excluding hydrogens is 346 g/mol. The molecule has 4 rings (SSSR count). The van der Waals surface area contributed by atoms with E-state index in [1.54, 1.807) is 17.0 Å². The molecule has 0 saturated carbocycles. The molecule has 1 unspecified atom stereocenters. The SMILES string of the molecule is Cc1cccc(C2CC(=O)N(c3cccc(Cl)c3)C3=C2C(=O)CCC3)c1. The van der Waals surface area contributed by atoms with Crippen LogP contribution in [0.4, 0.5) is 5.69 Å². The largest absolute Gasteiger partial charge is 0.294 e. The Hall–Kier alpha value is -2.39. The minimum Gasteiger partial charge on any atom is -0.294 e. The average Bonchev–Trinajstić information content (AvgIpc) is 2.61. The van der Waals surface area contributed by atoms with E-state index in [0.29, 0.717) is 17.9 Å². The number of aryl methyl sites for hydroxylation is 1. The predicted octanol–water partition coefficient (Wildman–Crippen LogP) is 5.18. The third-order valence-electron chi connectivity index (χ3n) is 5.19. The van der Waals surface area contributed by atoms with Gasteiger partial charge < -0.3 is 0 Å². The summed E-state index contributed by atoms with van der Waals surface area (Å²) < 4.78 is 0. The molecule has 0 bridgehead atoms. The number of hydrogen-bond acceptors (Lipinski definition) is 2. The van der Waals surface area contributed by atoms with Crippen molar-refractivity contribution < 1.29 is 9.59 Å². The quantitative estimate of drug-likeness (QED) is 0.735. The van der Waals surface area contributed by atoms with E-state index in [4.69, 9.17) is 11.6 Å². The Labute approximate surface area is 158 Å². The number of halogens is 1. The lowest BCUT2D eigenvalue weighted by molar-refractivity contribution is -0.119. The van der Waals surface area contributed by atoms with Gasteiger partial charge in [-0.15, -0.1) is 0 Å². The van der Waals surface area contributed by atoms with Crippen LogP contribution in [0.3, 0.4) is 0 Å². The Morgan fingerprint density at radius 1 is 1.04 bits per heavy atom. The van der Waals surface area contributed by atoms with Gasteiger partial charge in [-0.1, -0.05) is 47.5 Å². The summed E-state index contributed by atoms with van der Waals surface area (Å²) in [5.41, 5.74) is 4.59. The van der Waals surface area contributed by atoms with Crippen molar-refractivity contribution >= 4 is 29.0 Å². The Kier molecular flexibility index (Phi) is 4.41. The Bertz CT molecular complexity index is 931. The molecule has 1 aliphatic carbocycles. The normalized spacial score (nSPS) is 20.4. The van der Waals surface area contributed by atoms with Gasteiger partial charge in [0.2, 0.25) is 5.91 Å². The van der Waals surface area contributed by atoms with Crippen LogP contribution in [0.1, 0.15) is 42.7 Å². The van der Waals surface area contributed by atoms with Crippen molar-refractivity contribution in [2.45, 2.75) is 38.5 Å². The number of hydrogen-bond donors (Lipinski definition) is 0. The van der Waals surface area contributed by atoms with E-state index < -0.39 is 0 Å². The summed E-state index contributed by atoms with van der Waals surface area (Å²) in [7, 11) is 0. The zero-order valence-electron chi connectivity index (χ0n) is 14.7. The van der Waals surface area contributed by atoms with E-state index in [2.05, 4.69) is 6.07 Å². The number of amides is 1. The van der Waals surface area contributed by atoms with Crippen LogP contribution < -0.4 is 4.90 Å². The first-order chi connectivity index (χ1) is 12.5. The second kappa shape index (κ2) is 6.73. The van der Waals surface area contributed by atoms with Gasteiger partial charge in [0.1, 0.15) is 0 Å². The second-order valence-electron chi connectivity index (χ2n) is 7.02. The molecule has 2 aromatic rings. The maximum atomic E-state index is 13.1. The number of allylic oxidation sites excluding steroid dienone is 2. The summed E-state index contributed by atoms with van der Waals surface area (Å²) in [6.07, 6.45) is 2.38. The number of carbonyl (C=O) groups is 2. The fraction of sp³-hybridized carbons (Fsp3) is 0.273. The number of ketones is 1. The Morgan fingerprint density at radius 2 is 1.85 bits per heavy atom. The van der Waals surface area contributed by atoms with Gasteiger partial charge in [0.15, 0.2) is 5.78 Å². The van der Waals surface area contributed by atoms with Crippen LogP contribution in [-0.2, 0) is 9.59 Å². The fourth-order valence-corrected chi connectivity index (χ4v) is 4.26. The Morgan fingerprint density at radius 3 is 2.62 bits per heavy atom. The minimum absolute atomic E-state index is 0.0206. The van der Waals surface area contributed by atoms with Crippen LogP contribution in [0.2, 0.25) is 5.02 Å². The molecule has 4 heteroatoms. The molecule has 2 aromatic carbocycles. The highest BCUT2D eigenvalue weighted by atomic mass is 35.5. The first kappa shape index (κ1) is 17.0. The van der Waals surface area contributed by atoms with E-state index >= 15 is 0 Å². The van der Waals surface area contributed by atoms with Gasteiger partial charge in [0, 0.05) is 35.1 Å². The van der Waals surface area contributed by atoms with Crippen molar-refractivity contribution in [2.24, 2.45) is 0 Å². The number of anilines is 1. The van der Waals surface area contributed by atoms with E-state index in [1.807, 2.05) is 37.3 Å². The smallest absolute Gasteiger partial charge is 0.232 e. The van der Waals surface area contributed by atoms with Gasteiger partial charge >= 0.3 is 0 Å². The van der Waals surface area contributed by atoms with E-state index in [-0.39, 0.29) is 17.6 Å². The summed E-state index contributed by atoms with van der Waals surface area (Å²) in [4.78, 5) is 27.6. The molecule has 0 aromatic heterocycles. The lowest BCUT2D eigenvalue weighted by atomic mass is 9.77. The zero-order valence-corrected chi connectivity index (χ0v) is 15.4. The highest BCUT2D eigenvalue weighted by Gasteiger charge is 2.39. The highest BCUT2D eigenvalue weighted by molar-refractivity contribution is 6.31. The number of nitrogens with zero attached hydrogens (tertiary/aromatic N) is 1. The highest BCUT2D eigenvalue weighted by Crippen LogP contribution is 2.43. The van der Waals surface area contributed by atoms with E-state index in [9.17, 15) is 9.59 Å². The van der Waals surface area contributed by atoms with Crippen molar-refractivity contribution in [2.75, 3.05) is 4.90 Å². The number of Topliss-reactive ketones (excluding diaryl/α,β-unsaturated/α-hetero) is 1. The van der Waals surface area contributed by atoms with Gasteiger partial charge in [-0.2, -0.15) is 0 Å². The van der Waals surface area contributed by atoms with Gasteiger partial charge in [-0.05, 0) is 43.5 Å². The maximum absolute atomic E-state index is 13.1. The molecule has 26 heavy (non-hydrogen) atoms. The summed E-state index contributed by atoms with van der Waals surface area (Å²) in [5, 5.41) is 0.584. The molecule has 1 atom stereocenters. The molecule has 132 valence electrons. The molecule has 0 N–H and O–H groups in total. The average molecular weight is 366 g/mol. The molecular formula is C22H20ClNO2. The second-order valence-corrected chi connectivity index (χ2v) is 7.45. The molecule has 1 amide bonds. The molecule has 1 heterocycles. The van der Waals surface area contributed by atoms with Crippen LogP contribution in [0.15, 0.2) is 59.8 Å². The van der Waals surface area contributed by atoms with Gasteiger partial charge in [0.25, 0.3) is 0 Å². The number of rotatable bonds is 2. The molecule has 0 fully saturated rings. The van der Waals surface area contributed by atoms with Crippen LogP contribution in [0.5, 0.6) is 0 Å². The van der Waals surface area contributed by atoms with Crippen LogP contribution in [-0.4, -0.2) is 11.7 Å². The molecule has 1 aliphatic heterocycles. The van der Waals surface area contributed by atoms with Crippen LogP contribution in [0.25, 0.3) is 0 Å². The zero-order chi connectivity index (χ0) is 18.3. The van der Waals surface area contributed by atoms with Crippen LogP contribution >= 0.6 is 11.6 Å². The van der Waals surface area contributed by atoms with Crippen molar-refractivity contribution in [1.82, 2.24) is 0 Å². The van der Waals surface area contributed by atoms with E-state index in [0.717, 1.165) is 40.9 Å². The third-order valence-corrected chi connectivity index (χ3v) is 5.42. The van der Waals surface area contributed by atoms with Crippen molar-refractivity contribution in [3.05, 3.63) is 76.0 Å². The van der Waals surface area contributed by atoms with Gasteiger partial charge in [-0.25, -0.2) is 0 Å². The summed E-state index contributed by atoms with van der Waals surface area (Å²) in [5.74, 6) is 0.0325. The first-order valence-electron chi connectivity index (χ1n) is 8.96. The van der Waals surface area contributed by atoms with Crippen molar-refractivity contribution in [1.29, 1.82) is 0 Å². The number of benzene rings is 2. The topological polar surface area (TPSA) is 37.4 Å². The predicted molar refractivity (Wildman–Crippen MR) is 103 cm³/mol. The summed E-state index contributed by atoms with van der Waals surface area (Å²) in [6.45, 7) is 2.03. The van der Waals surface area contributed by atoms with E-state index in [1.165, 1.54) is 0 Å². The molecule has 0 radical (unpaired) electrons. The molecule has 0 spiro atoms. The third kappa shape index (κ3) is 2.97. The van der Waals surface area contributed by atoms with Crippen molar-refractivity contribution in [3.8, 4) is 0 Å².